The minimum absolute atomic E-state index is 0. The Bertz CT molecular complexity index is 1270. The number of halogens is 4. The molecule has 0 saturated heterocycles. The smallest absolute Gasteiger partial charge is 0 e. The van der Waals surface area contributed by atoms with Crippen LogP contribution in [0.15, 0.2) is 84.9 Å². The Balaban J connectivity index is -0.000000141. The van der Waals surface area contributed by atoms with Crippen molar-refractivity contribution in [2.45, 2.75) is 51.4 Å². The van der Waals surface area contributed by atoms with E-state index in [-0.39, 0.29) is 65.5 Å². The third kappa shape index (κ3) is 28.9. The molecule has 2 radical (unpaired) electrons. The standard InChI is InChI=1S/C18H22O2.2C6H5.6CO.4ClH.2Mo.2Sn/c19-17(13-5-1-2-6-13)15-9-11-16(12-10-15)18(20)14-7-3-4-8-14;2*1-2-4-6-5-3-1;6*1-2;;;;;;;;/h9-14H,1-8H2;2*1-5H;;;;;;;4*1H;;;;/q;;;;;;;;;;;;;;;2*+2/p-4. The molecule has 52 heavy (non-hydrogen) atoms. The molecule has 2 saturated carbocycles. The van der Waals surface area contributed by atoms with Gasteiger partial charge in [0.25, 0.3) is 0 Å². The molecule has 3 aromatic rings. The summed E-state index contributed by atoms with van der Waals surface area (Å²) in [6.45, 7) is 27.0. The summed E-state index contributed by atoms with van der Waals surface area (Å²) in [5, 5.41) is 0. The van der Waals surface area contributed by atoms with E-state index < -0.39 is 35.0 Å². The molecule has 0 atom stereocenters. The minimum Gasteiger partial charge on any atom is 0 e. The molecule has 0 unspecified atom stereocenters. The molecule has 0 bridgehead atoms. The molecule has 8 nitrogen and oxygen atoms in total. The largest absolute Gasteiger partial charge is 0 e. The number of rotatable bonds is 6. The summed E-state index contributed by atoms with van der Waals surface area (Å²) in [4.78, 5) is 24.6. The van der Waals surface area contributed by atoms with Crippen molar-refractivity contribution in [3.05, 3.63) is 136 Å². The molecule has 2 aliphatic carbocycles. The van der Waals surface area contributed by atoms with Crippen LogP contribution in [0.5, 0.6) is 0 Å². The summed E-state index contributed by atoms with van der Waals surface area (Å²) in [6, 6.07) is 27.1. The molecule has 0 heterocycles. The number of Topliss-reactive ketones (excluding diaryl/α,β-unsaturated/α-hetero) is 2. The van der Waals surface area contributed by atoms with E-state index in [0.717, 1.165) is 44.0 Å². The van der Waals surface area contributed by atoms with Crippen molar-refractivity contribution in [3.8, 4) is 0 Å². The van der Waals surface area contributed by atoms with Gasteiger partial charge >= 0.3 is 206 Å². The first-order valence-corrected chi connectivity index (χ1v) is 31.6. The van der Waals surface area contributed by atoms with Crippen molar-refractivity contribution in [1.82, 2.24) is 0 Å². The van der Waals surface area contributed by atoms with Crippen LogP contribution in [0.2, 0.25) is 0 Å². The van der Waals surface area contributed by atoms with E-state index in [1.165, 1.54) is 25.7 Å². The van der Waals surface area contributed by atoms with Crippen LogP contribution in [-0.4, -0.2) is 46.6 Å². The third-order valence-corrected chi connectivity index (χ3v) is 17.1. The fourth-order valence-electron chi connectivity index (χ4n) is 4.77. The first-order chi connectivity index (χ1) is 24.4. The van der Waals surface area contributed by atoms with Gasteiger partial charge in [-0.15, -0.1) is 0 Å². The molecular weight excluding hydrogens is 1130 g/mol. The first kappa shape index (κ1) is 63.5. The molecule has 0 N–H and O–H groups in total. The SMILES string of the molecule is O=C(c1ccc(C(=O)C2CCCC2)cc1)C1CCCC1.[C-]#[O+].[C-]#[O+].[C-]#[O+].[C-]#[O+].[C-]#[O+].[C-]#[O+].[Cl][Sn]([Cl])[c]1ccccc1.[Cl][Sn]([Cl])[c]1ccccc1.[Mo].[Mo]. The Morgan fingerprint density at radius 3 is 0.827 bits per heavy atom. The van der Waals surface area contributed by atoms with Gasteiger partial charge in [-0.05, 0) is 25.7 Å². The number of benzene rings is 3. The second kappa shape index (κ2) is 46.7. The number of ketones is 2. The first-order valence-electron chi connectivity index (χ1n) is 14.2. The van der Waals surface area contributed by atoms with Gasteiger partial charge in [0, 0.05) is 65.1 Å². The zero-order chi connectivity index (χ0) is 39.3. The summed E-state index contributed by atoms with van der Waals surface area (Å²) >= 11 is -4.16. The van der Waals surface area contributed by atoms with Crippen molar-refractivity contribution in [3.63, 3.8) is 0 Å². The second-order valence-corrected chi connectivity index (χ2v) is 28.5. The quantitative estimate of drug-likeness (QED) is 0.107. The van der Waals surface area contributed by atoms with Crippen LogP contribution in [0.25, 0.3) is 0 Å². The topological polar surface area (TPSA) is 154 Å². The van der Waals surface area contributed by atoms with Crippen molar-refractivity contribution in [2.75, 3.05) is 0 Å². The Kier molecular flexibility index (Phi) is 57.1. The molecule has 272 valence electrons. The molecule has 2 fully saturated rings. The van der Waals surface area contributed by atoms with Gasteiger partial charge in [-0.1, -0.05) is 49.9 Å². The maximum Gasteiger partial charge on any atom is 0 e. The third-order valence-electron chi connectivity index (χ3n) is 6.89. The summed E-state index contributed by atoms with van der Waals surface area (Å²) in [7, 11) is 23.1. The number of hydrogen-bond donors (Lipinski definition) is 0. The zero-order valence-electron chi connectivity index (χ0n) is 27.5. The van der Waals surface area contributed by atoms with Gasteiger partial charge in [0.15, 0.2) is 11.6 Å². The Morgan fingerprint density at radius 2 is 0.654 bits per heavy atom. The maximum absolute atomic E-state index is 12.3. The van der Waals surface area contributed by atoms with Gasteiger partial charge in [0.05, 0.1) is 0 Å². The van der Waals surface area contributed by atoms with Crippen molar-refractivity contribution in [2.24, 2.45) is 11.8 Å². The van der Waals surface area contributed by atoms with Crippen LogP contribution in [0.4, 0.5) is 0 Å². The van der Waals surface area contributed by atoms with E-state index in [9.17, 15) is 9.59 Å². The van der Waals surface area contributed by atoms with Crippen LogP contribution in [0, 0.1) is 51.7 Å². The van der Waals surface area contributed by atoms with Crippen molar-refractivity contribution >= 4 is 89.4 Å². The van der Waals surface area contributed by atoms with Crippen LogP contribution >= 0.6 is 35.7 Å². The number of carbonyl (C=O) groups excluding carboxylic acids is 2. The predicted molar refractivity (Wildman–Crippen MR) is 190 cm³/mol. The monoisotopic (exact) mass is 1170 g/mol. The minimum atomic E-state index is -2.08. The van der Waals surface area contributed by atoms with Gasteiger partial charge in [-0.3, -0.25) is 9.59 Å². The van der Waals surface area contributed by atoms with Gasteiger partial charge in [0.2, 0.25) is 0 Å². The van der Waals surface area contributed by atoms with Gasteiger partial charge in [-0.25, -0.2) is 0 Å². The van der Waals surface area contributed by atoms with E-state index in [2.05, 4.69) is 39.9 Å². The fraction of sp³-hybridized carbons (Fsp3) is 0.278. The van der Waals surface area contributed by atoms with E-state index in [4.69, 9.17) is 63.6 Å². The van der Waals surface area contributed by atoms with Crippen molar-refractivity contribution < 1.29 is 79.6 Å². The fourth-order valence-corrected chi connectivity index (χ4v) is 10.7. The van der Waals surface area contributed by atoms with Gasteiger partial charge < -0.3 is 0 Å². The Morgan fingerprint density at radius 1 is 0.442 bits per heavy atom. The molecular formula is C36H32Cl4Mo2O8Sn2. The molecule has 2 aliphatic rings. The summed E-state index contributed by atoms with van der Waals surface area (Å²) in [6.07, 6.45) is 8.82. The molecule has 5 rings (SSSR count). The van der Waals surface area contributed by atoms with Crippen LogP contribution in [0.1, 0.15) is 72.1 Å². The van der Waals surface area contributed by atoms with Crippen LogP contribution < -0.4 is 7.16 Å². The second-order valence-electron chi connectivity index (χ2n) is 9.52. The molecule has 0 amide bonds. The molecule has 16 heteroatoms. The Labute approximate surface area is 364 Å². The molecule has 0 aliphatic heterocycles. The van der Waals surface area contributed by atoms with Gasteiger partial charge in [-0.2, -0.15) is 0 Å². The van der Waals surface area contributed by atoms with Crippen LogP contribution in [-0.2, 0) is 70.0 Å². The zero-order valence-corrected chi connectivity index (χ0v) is 40.2. The number of hydrogen-bond acceptors (Lipinski definition) is 2. The normalized spacial score (nSPS) is 11.6. The number of carbonyl (C=O) groups is 2. The van der Waals surface area contributed by atoms with E-state index in [1.807, 2.05) is 84.9 Å². The average Bonchev–Trinajstić information content (AvgIpc) is 3.97. The molecule has 3 aromatic carbocycles. The summed E-state index contributed by atoms with van der Waals surface area (Å²) in [5.41, 5.74) is 1.56. The van der Waals surface area contributed by atoms with Crippen molar-refractivity contribution in [1.29, 1.82) is 0 Å². The molecule has 0 spiro atoms. The maximum atomic E-state index is 12.3. The van der Waals surface area contributed by atoms with E-state index in [1.54, 1.807) is 0 Å². The predicted octanol–water partition coefficient (Wildman–Crippen LogP) is 7.92. The Hall–Kier alpha value is -0.426. The summed E-state index contributed by atoms with van der Waals surface area (Å²) < 4.78 is 47.3. The van der Waals surface area contributed by atoms with E-state index >= 15 is 0 Å². The molecule has 0 aromatic heterocycles. The average molecular weight is 1160 g/mol. The van der Waals surface area contributed by atoms with Gasteiger partial charge in [0.1, 0.15) is 0 Å². The van der Waals surface area contributed by atoms with E-state index in [0.29, 0.717) is 0 Å². The van der Waals surface area contributed by atoms with Crippen LogP contribution in [0.3, 0.4) is 0 Å². The summed E-state index contributed by atoms with van der Waals surface area (Å²) in [5.74, 6) is 0.961.